The fourth-order valence-corrected chi connectivity index (χ4v) is 2.65. The summed E-state index contributed by atoms with van der Waals surface area (Å²) in [5, 5.41) is 0. The molecule has 3 nitrogen and oxygen atoms in total. The molecule has 0 bridgehead atoms. The molecule has 2 N–H and O–H groups in total. The molecule has 98 valence electrons. The first-order valence-electron chi connectivity index (χ1n) is 6.60. The van der Waals surface area contributed by atoms with Gasteiger partial charge in [0.15, 0.2) is 5.60 Å². The van der Waals surface area contributed by atoms with E-state index in [1.165, 1.54) is 5.56 Å². The maximum atomic E-state index is 11.8. The Balaban J connectivity index is 2.26. The minimum absolute atomic E-state index is 0.331. The van der Waals surface area contributed by atoms with Crippen LogP contribution in [0.25, 0.3) is 0 Å². The summed E-state index contributed by atoms with van der Waals surface area (Å²) < 4.78 is 6.02. The summed E-state index contributed by atoms with van der Waals surface area (Å²) in [6.45, 7) is 4.04. The van der Waals surface area contributed by atoms with Crippen molar-refractivity contribution >= 4 is 5.91 Å². The average molecular weight is 247 g/mol. The van der Waals surface area contributed by atoms with Crippen molar-refractivity contribution in [2.45, 2.75) is 51.6 Å². The summed E-state index contributed by atoms with van der Waals surface area (Å²) in [5.41, 5.74) is 7.02. The van der Waals surface area contributed by atoms with Crippen molar-refractivity contribution in [1.29, 1.82) is 0 Å². The van der Waals surface area contributed by atoms with Gasteiger partial charge in [-0.15, -0.1) is 0 Å². The smallest absolute Gasteiger partial charge is 0.261 e. The monoisotopic (exact) mass is 247 g/mol. The van der Waals surface area contributed by atoms with Gasteiger partial charge in [-0.1, -0.05) is 24.1 Å². The van der Waals surface area contributed by atoms with Crippen molar-refractivity contribution in [3.05, 3.63) is 29.3 Å². The number of benzene rings is 1. The highest BCUT2D eigenvalue weighted by Crippen LogP contribution is 2.34. The number of primary amides is 1. The zero-order valence-electron chi connectivity index (χ0n) is 11.2. The molecule has 1 aliphatic carbocycles. The molecule has 0 aromatic heterocycles. The van der Waals surface area contributed by atoms with Gasteiger partial charge in [-0.25, -0.2) is 0 Å². The number of amides is 1. The molecule has 1 fully saturated rings. The Morgan fingerprint density at radius 3 is 2.44 bits per heavy atom. The van der Waals surface area contributed by atoms with Crippen molar-refractivity contribution < 1.29 is 9.53 Å². The van der Waals surface area contributed by atoms with Crippen LogP contribution >= 0.6 is 0 Å². The fraction of sp³-hybridized carbons (Fsp3) is 0.533. The molecular formula is C15H21NO2. The lowest BCUT2D eigenvalue weighted by Gasteiger charge is -2.35. The Bertz CT molecular complexity index is 448. The molecule has 0 unspecified atom stereocenters. The molecule has 0 atom stereocenters. The molecule has 0 heterocycles. The second-order valence-electron chi connectivity index (χ2n) is 5.29. The molecule has 0 aliphatic heterocycles. The third-order valence-corrected chi connectivity index (χ3v) is 3.75. The number of hydrogen-bond acceptors (Lipinski definition) is 2. The van der Waals surface area contributed by atoms with Gasteiger partial charge in [0.05, 0.1) is 0 Å². The van der Waals surface area contributed by atoms with Crippen LogP contribution < -0.4 is 10.5 Å². The third-order valence-electron chi connectivity index (χ3n) is 3.75. The molecule has 1 aromatic rings. The van der Waals surface area contributed by atoms with Crippen LogP contribution in [0.2, 0.25) is 0 Å². The van der Waals surface area contributed by atoms with Gasteiger partial charge in [0.2, 0.25) is 0 Å². The molecular weight excluding hydrogens is 226 g/mol. The second-order valence-corrected chi connectivity index (χ2v) is 5.29. The average Bonchev–Trinajstić information content (AvgIpc) is 2.34. The van der Waals surface area contributed by atoms with Crippen LogP contribution in [-0.2, 0) is 4.79 Å². The van der Waals surface area contributed by atoms with Crippen molar-refractivity contribution in [2.24, 2.45) is 5.73 Å². The van der Waals surface area contributed by atoms with Crippen LogP contribution in [0.15, 0.2) is 18.2 Å². The molecule has 0 radical (unpaired) electrons. The summed E-state index contributed by atoms with van der Waals surface area (Å²) in [6.07, 6.45) is 4.64. The molecule has 2 rings (SSSR count). The third kappa shape index (κ3) is 2.50. The highest BCUT2D eigenvalue weighted by molar-refractivity contribution is 5.84. The normalized spacial score (nSPS) is 18.3. The van der Waals surface area contributed by atoms with Crippen molar-refractivity contribution in [1.82, 2.24) is 0 Å². The Labute approximate surface area is 108 Å². The first-order chi connectivity index (χ1) is 8.53. The van der Waals surface area contributed by atoms with Crippen LogP contribution in [-0.4, -0.2) is 11.5 Å². The number of ether oxygens (including phenoxy) is 1. The van der Waals surface area contributed by atoms with Crippen molar-refractivity contribution in [3.63, 3.8) is 0 Å². The van der Waals surface area contributed by atoms with Gasteiger partial charge in [-0.2, -0.15) is 0 Å². The maximum absolute atomic E-state index is 11.8. The van der Waals surface area contributed by atoms with E-state index in [-0.39, 0.29) is 5.91 Å². The predicted octanol–water partition coefficient (Wildman–Crippen LogP) is 2.87. The van der Waals surface area contributed by atoms with Crippen LogP contribution in [0.1, 0.15) is 43.2 Å². The molecule has 18 heavy (non-hydrogen) atoms. The molecule has 1 saturated carbocycles. The summed E-state index contributed by atoms with van der Waals surface area (Å²) in [4.78, 5) is 11.8. The van der Waals surface area contributed by atoms with E-state index in [1.807, 2.05) is 26.0 Å². The molecule has 0 spiro atoms. The lowest BCUT2D eigenvalue weighted by molar-refractivity contribution is -0.136. The SMILES string of the molecule is Cc1ccc(OC2(C(N)=O)CCCCC2)c(C)c1. The number of carbonyl (C=O) groups excluding carboxylic acids is 1. The van der Waals surface area contributed by atoms with E-state index in [9.17, 15) is 4.79 Å². The van der Waals surface area contributed by atoms with E-state index in [2.05, 4.69) is 6.07 Å². The number of rotatable bonds is 3. The number of nitrogens with two attached hydrogens (primary N) is 1. The van der Waals surface area contributed by atoms with Gasteiger partial charge in [0.1, 0.15) is 5.75 Å². The quantitative estimate of drug-likeness (QED) is 0.893. The van der Waals surface area contributed by atoms with E-state index in [1.54, 1.807) is 0 Å². The van der Waals surface area contributed by atoms with Gasteiger partial charge in [0, 0.05) is 0 Å². The Morgan fingerprint density at radius 2 is 1.89 bits per heavy atom. The standard InChI is InChI=1S/C15H21NO2/c1-11-6-7-13(12(2)10-11)18-15(14(16)17)8-4-3-5-9-15/h6-7,10H,3-5,8-9H2,1-2H3,(H2,16,17). The number of carbonyl (C=O) groups is 1. The maximum Gasteiger partial charge on any atom is 0.261 e. The predicted molar refractivity (Wildman–Crippen MR) is 71.6 cm³/mol. The van der Waals surface area contributed by atoms with Crippen LogP contribution in [0.5, 0.6) is 5.75 Å². The minimum atomic E-state index is -0.793. The van der Waals surface area contributed by atoms with Crippen LogP contribution in [0.3, 0.4) is 0 Å². The topological polar surface area (TPSA) is 52.3 Å². The highest BCUT2D eigenvalue weighted by atomic mass is 16.5. The first-order valence-corrected chi connectivity index (χ1v) is 6.60. The van der Waals surface area contributed by atoms with Gasteiger partial charge < -0.3 is 10.5 Å². The van der Waals surface area contributed by atoms with Crippen LogP contribution in [0, 0.1) is 13.8 Å². The number of hydrogen-bond donors (Lipinski definition) is 1. The van der Waals surface area contributed by atoms with E-state index < -0.39 is 5.60 Å². The fourth-order valence-electron chi connectivity index (χ4n) is 2.65. The zero-order valence-corrected chi connectivity index (χ0v) is 11.2. The van der Waals surface area contributed by atoms with Crippen molar-refractivity contribution in [2.75, 3.05) is 0 Å². The largest absolute Gasteiger partial charge is 0.477 e. The lowest BCUT2D eigenvalue weighted by Crippen LogP contribution is -2.50. The van der Waals surface area contributed by atoms with Gasteiger partial charge in [0.25, 0.3) is 5.91 Å². The molecule has 1 amide bonds. The summed E-state index contributed by atoms with van der Waals surface area (Å²) >= 11 is 0. The zero-order chi connectivity index (χ0) is 13.2. The van der Waals surface area contributed by atoms with Gasteiger partial charge >= 0.3 is 0 Å². The minimum Gasteiger partial charge on any atom is -0.477 e. The second kappa shape index (κ2) is 5.01. The van der Waals surface area contributed by atoms with E-state index >= 15 is 0 Å². The molecule has 3 heteroatoms. The van der Waals surface area contributed by atoms with Gasteiger partial charge in [-0.3, -0.25) is 4.79 Å². The summed E-state index contributed by atoms with van der Waals surface area (Å²) in [5.74, 6) is 0.448. The Kier molecular flexibility index (Phi) is 3.60. The van der Waals surface area contributed by atoms with Crippen molar-refractivity contribution in [3.8, 4) is 5.75 Å². The first kappa shape index (κ1) is 12.9. The van der Waals surface area contributed by atoms with E-state index in [4.69, 9.17) is 10.5 Å². The van der Waals surface area contributed by atoms with E-state index in [0.717, 1.165) is 43.4 Å². The Morgan fingerprint density at radius 1 is 1.22 bits per heavy atom. The van der Waals surface area contributed by atoms with E-state index in [0.29, 0.717) is 0 Å². The van der Waals surface area contributed by atoms with Gasteiger partial charge in [-0.05, 0) is 51.2 Å². The lowest BCUT2D eigenvalue weighted by atomic mass is 9.84. The summed E-state index contributed by atoms with van der Waals surface area (Å²) in [6, 6.07) is 6.00. The summed E-state index contributed by atoms with van der Waals surface area (Å²) in [7, 11) is 0. The number of aryl methyl sites for hydroxylation is 2. The Hall–Kier alpha value is -1.51. The molecule has 1 aromatic carbocycles. The molecule has 0 saturated heterocycles. The van der Waals surface area contributed by atoms with Crippen LogP contribution in [0.4, 0.5) is 0 Å². The highest BCUT2D eigenvalue weighted by Gasteiger charge is 2.40. The molecule has 1 aliphatic rings.